The second-order valence-corrected chi connectivity index (χ2v) is 14.3. The van der Waals surface area contributed by atoms with Gasteiger partial charge in [-0.15, -0.1) is 0 Å². The largest absolute Gasteiger partial charge is 0.488 e. The average molecular weight is 633 g/mol. The smallest absolute Gasteiger partial charge is 0.343 e. The molecule has 4 heteroatoms. The topological polar surface area (TPSA) is 52.6 Å². The van der Waals surface area contributed by atoms with Crippen molar-refractivity contribution in [1.82, 2.24) is 0 Å². The summed E-state index contributed by atoms with van der Waals surface area (Å²) >= 11 is 0. The summed E-state index contributed by atoms with van der Waals surface area (Å²) in [6.07, 6.45) is 5.77. The number of carbonyl (C=O) groups is 2. The Kier molecular flexibility index (Phi) is 11.5. The minimum Gasteiger partial charge on any atom is -0.488 e. The summed E-state index contributed by atoms with van der Waals surface area (Å²) in [5, 5.41) is 0. The number of esters is 1. The molecule has 0 radical (unpaired) electrons. The Balaban J connectivity index is 1.40. The van der Waals surface area contributed by atoms with E-state index < -0.39 is 0 Å². The molecule has 0 heterocycles. The van der Waals surface area contributed by atoms with Crippen LogP contribution in [0.2, 0.25) is 0 Å². The number of Topliss-reactive ketones (excluding diaryl/α,β-unsaturated/α-hetero) is 1. The van der Waals surface area contributed by atoms with E-state index in [4.69, 9.17) is 9.47 Å². The molecule has 0 aliphatic carbocycles. The van der Waals surface area contributed by atoms with Crippen molar-refractivity contribution in [3.8, 4) is 22.6 Å². The molecular formula is C43H52O4. The molecule has 4 rings (SSSR count). The highest BCUT2D eigenvalue weighted by Gasteiger charge is 2.26. The fraction of sp³-hybridized carbons (Fsp3) is 0.395. The van der Waals surface area contributed by atoms with Gasteiger partial charge in [-0.2, -0.15) is 0 Å². The van der Waals surface area contributed by atoms with E-state index >= 15 is 0 Å². The lowest BCUT2D eigenvalue weighted by Gasteiger charge is -2.30. The van der Waals surface area contributed by atoms with Gasteiger partial charge in [-0.1, -0.05) is 109 Å². The van der Waals surface area contributed by atoms with Gasteiger partial charge in [-0.05, 0) is 110 Å². The van der Waals surface area contributed by atoms with Crippen LogP contribution in [0.25, 0.3) is 11.1 Å². The van der Waals surface area contributed by atoms with Crippen LogP contribution in [0, 0.1) is 5.41 Å². The predicted octanol–water partition coefficient (Wildman–Crippen LogP) is 11.2. The van der Waals surface area contributed by atoms with E-state index in [0.29, 0.717) is 11.3 Å². The van der Waals surface area contributed by atoms with E-state index in [1.165, 1.54) is 11.1 Å². The Bertz CT molecular complexity index is 1650. The van der Waals surface area contributed by atoms with Gasteiger partial charge in [0, 0.05) is 10.8 Å². The van der Waals surface area contributed by atoms with Crippen LogP contribution in [0.1, 0.15) is 115 Å². The first-order valence-electron chi connectivity index (χ1n) is 17.1. The Morgan fingerprint density at radius 3 is 1.83 bits per heavy atom. The molecule has 0 aliphatic rings. The molecule has 0 spiro atoms. The highest BCUT2D eigenvalue weighted by Crippen LogP contribution is 2.35. The number of hydrogen-bond acceptors (Lipinski definition) is 4. The second-order valence-electron chi connectivity index (χ2n) is 14.3. The number of ketones is 1. The summed E-state index contributed by atoms with van der Waals surface area (Å²) in [6.45, 7) is 16.6. The minimum absolute atomic E-state index is 0.152. The van der Waals surface area contributed by atoms with Crippen LogP contribution < -0.4 is 9.47 Å². The van der Waals surface area contributed by atoms with Crippen LogP contribution in [0.5, 0.6) is 11.5 Å². The molecule has 4 nitrogen and oxygen atoms in total. The standard InChI is InChI=1S/C43H52O4/c1-9-27-43(8,10-2)47-39-25-21-37(22-26-39)42(6,7)36-19-23-38(24-20-36)46-40(45)35-18-12-17-34(30-35)33-16-11-14-32(29-33)15-13-28-41(4,5)31(3)44/h11-12,14,16-26,29-30H,9-10,13,15,27-28H2,1-8H3. The third-order valence-electron chi connectivity index (χ3n) is 9.83. The summed E-state index contributed by atoms with van der Waals surface area (Å²) in [5.41, 5.74) is 5.35. The summed E-state index contributed by atoms with van der Waals surface area (Å²) < 4.78 is 12.2. The number of benzene rings is 4. The molecule has 0 aromatic heterocycles. The molecule has 4 aromatic rings. The summed E-state index contributed by atoms with van der Waals surface area (Å²) in [7, 11) is 0. The lowest BCUT2D eigenvalue weighted by atomic mass is 9.78. The monoisotopic (exact) mass is 632 g/mol. The van der Waals surface area contributed by atoms with Gasteiger partial charge in [0.2, 0.25) is 0 Å². The number of hydrogen-bond donors (Lipinski definition) is 0. The van der Waals surface area contributed by atoms with Crippen molar-refractivity contribution in [3.05, 3.63) is 119 Å². The van der Waals surface area contributed by atoms with Gasteiger partial charge in [0.05, 0.1) is 5.56 Å². The van der Waals surface area contributed by atoms with Crippen molar-refractivity contribution in [2.45, 2.75) is 105 Å². The summed E-state index contributed by atoms with van der Waals surface area (Å²) in [6, 6.07) is 32.2. The maximum Gasteiger partial charge on any atom is 0.343 e. The van der Waals surface area contributed by atoms with E-state index in [0.717, 1.165) is 61.0 Å². The number of ether oxygens (including phenoxy) is 2. The summed E-state index contributed by atoms with van der Waals surface area (Å²) in [5.74, 6) is 1.24. The van der Waals surface area contributed by atoms with Crippen molar-refractivity contribution < 1.29 is 19.1 Å². The molecule has 0 fully saturated rings. The Morgan fingerprint density at radius 1 is 0.681 bits per heavy atom. The van der Waals surface area contributed by atoms with E-state index in [-0.39, 0.29) is 28.2 Å². The van der Waals surface area contributed by atoms with Gasteiger partial charge in [-0.3, -0.25) is 4.79 Å². The SMILES string of the molecule is CCCC(C)(CC)Oc1ccc(C(C)(C)c2ccc(OC(=O)c3cccc(-c4cccc(CCCC(C)(C)C(C)=O)c4)c3)cc2)cc1. The van der Waals surface area contributed by atoms with Crippen molar-refractivity contribution >= 4 is 11.8 Å². The zero-order valence-corrected chi connectivity index (χ0v) is 29.6. The molecule has 248 valence electrons. The lowest BCUT2D eigenvalue weighted by Crippen LogP contribution is -2.31. The predicted molar refractivity (Wildman–Crippen MR) is 193 cm³/mol. The van der Waals surface area contributed by atoms with Gasteiger partial charge in [-0.25, -0.2) is 4.79 Å². The summed E-state index contributed by atoms with van der Waals surface area (Å²) in [4.78, 5) is 25.1. The molecule has 1 unspecified atom stereocenters. The number of rotatable bonds is 15. The minimum atomic E-state index is -0.390. The first-order chi connectivity index (χ1) is 22.3. The maximum absolute atomic E-state index is 13.2. The van der Waals surface area contributed by atoms with Crippen LogP contribution in [0.15, 0.2) is 97.1 Å². The highest BCUT2D eigenvalue weighted by atomic mass is 16.5. The zero-order chi connectivity index (χ0) is 34.2. The molecule has 0 aliphatic heterocycles. The van der Waals surface area contributed by atoms with Crippen LogP contribution in [-0.2, 0) is 16.6 Å². The maximum atomic E-state index is 13.2. The Hall–Kier alpha value is -4.18. The third-order valence-corrected chi connectivity index (χ3v) is 9.83. The van der Waals surface area contributed by atoms with Crippen molar-refractivity contribution in [1.29, 1.82) is 0 Å². The fourth-order valence-corrected chi connectivity index (χ4v) is 5.97. The molecule has 0 saturated heterocycles. The molecular weight excluding hydrogens is 580 g/mol. The number of carbonyl (C=O) groups excluding carboxylic acids is 2. The van der Waals surface area contributed by atoms with E-state index in [9.17, 15) is 9.59 Å². The van der Waals surface area contributed by atoms with E-state index in [1.54, 1.807) is 13.0 Å². The molecule has 47 heavy (non-hydrogen) atoms. The van der Waals surface area contributed by atoms with E-state index in [2.05, 4.69) is 77.1 Å². The van der Waals surface area contributed by atoms with Crippen molar-refractivity contribution in [2.24, 2.45) is 5.41 Å². The fourth-order valence-electron chi connectivity index (χ4n) is 5.97. The number of aryl methyl sites for hydroxylation is 1. The average Bonchev–Trinajstić information content (AvgIpc) is 3.05. The first-order valence-corrected chi connectivity index (χ1v) is 17.1. The van der Waals surface area contributed by atoms with Crippen LogP contribution >= 0.6 is 0 Å². The third kappa shape index (κ3) is 9.22. The highest BCUT2D eigenvalue weighted by molar-refractivity contribution is 5.92. The molecule has 4 aromatic carbocycles. The van der Waals surface area contributed by atoms with Crippen LogP contribution in [-0.4, -0.2) is 17.4 Å². The second kappa shape index (κ2) is 15.2. The van der Waals surface area contributed by atoms with Crippen molar-refractivity contribution in [3.63, 3.8) is 0 Å². The molecule has 0 amide bonds. The van der Waals surface area contributed by atoms with Gasteiger partial charge in [0.15, 0.2) is 0 Å². The molecule has 1 atom stereocenters. The molecule has 0 bridgehead atoms. The van der Waals surface area contributed by atoms with Crippen molar-refractivity contribution in [2.75, 3.05) is 0 Å². The molecule has 0 saturated carbocycles. The lowest BCUT2D eigenvalue weighted by molar-refractivity contribution is -0.125. The quantitative estimate of drug-likeness (QED) is 0.0966. The Morgan fingerprint density at radius 2 is 1.26 bits per heavy atom. The van der Waals surface area contributed by atoms with Gasteiger partial charge < -0.3 is 9.47 Å². The normalized spacial score (nSPS) is 13.1. The van der Waals surface area contributed by atoms with Crippen LogP contribution in [0.3, 0.4) is 0 Å². The van der Waals surface area contributed by atoms with Gasteiger partial charge in [0.25, 0.3) is 0 Å². The van der Waals surface area contributed by atoms with Gasteiger partial charge in [0.1, 0.15) is 22.9 Å². The molecule has 0 N–H and O–H groups in total. The van der Waals surface area contributed by atoms with Gasteiger partial charge >= 0.3 is 5.97 Å². The Labute approximate surface area is 282 Å². The first kappa shape index (κ1) is 35.7. The zero-order valence-electron chi connectivity index (χ0n) is 29.6. The van der Waals surface area contributed by atoms with E-state index in [1.807, 2.05) is 62.4 Å². The van der Waals surface area contributed by atoms with Crippen LogP contribution in [0.4, 0.5) is 0 Å².